The predicted octanol–water partition coefficient (Wildman–Crippen LogP) is 0.377. The van der Waals surface area contributed by atoms with E-state index in [0.29, 0.717) is 6.61 Å². The SMILES string of the molecule is CC1(C)OC2COC3(CO)OC(C)(C)OC3C2O1. The molecule has 4 unspecified atom stereocenters. The van der Waals surface area contributed by atoms with Crippen LogP contribution in [-0.4, -0.2) is 54.0 Å². The van der Waals surface area contributed by atoms with Crippen LogP contribution in [-0.2, 0) is 23.7 Å². The Labute approximate surface area is 106 Å². The van der Waals surface area contributed by atoms with Gasteiger partial charge in [0.2, 0.25) is 5.79 Å². The molecule has 0 aromatic carbocycles. The highest BCUT2D eigenvalue weighted by atomic mass is 16.9. The summed E-state index contributed by atoms with van der Waals surface area (Å²) in [7, 11) is 0. The van der Waals surface area contributed by atoms with E-state index in [1.807, 2.05) is 13.8 Å². The number of rotatable bonds is 1. The molecule has 3 heterocycles. The van der Waals surface area contributed by atoms with Crippen molar-refractivity contribution in [3.05, 3.63) is 0 Å². The van der Waals surface area contributed by atoms with Crippen LogP contribution in [0.5, 0.6) is 0 Å². The summed E-state index contributed by atoms with van der Waals surface area (Å²) in [6.07, 6.45) is -0.970. The zero-order chi connectivity index (χ0) is 13.2. The van der Waals surface area contributed by atoms with E-state index >= 15 is 0 Å². The fourth-order valence-corrected chi connectivity index (χ4v) is 2.96. The van der Waals surface area contributed by atoms with Gasteiger partial charge in [0.05, 0.1) is 6.61 Å². The van der Waals surface area contributed by atoms with Crippen molar-refractivity contribution in [2.24, 2.45) is 0 Å². The Kier molecular flexibility index (Phi) is 2.59. The van der Waals surface area contributed by atoms with Gasteiger partial charge in [-0.3, -0.25) is 0 Å². The topological polar surface area (TPSA) is 66.4 Å². The smallest absolute Gasteiger partial charge is 0.224 e. The molecule has 0 aromatic heterocycles. The second-order valence-corrected chi connectivity index (χ2v) is 5.96. The van der Waals surface area contributed by atoms with Crippen molar-refractivity contribution in [1.82, 2.24) is 0 Å². The molecule has 104 valence electrons. The first kappa shape index (κ1) is 12.8. The Bertz CT molecular complexity index is 354. The van der Waals surface area contributed by atoms with E-state index in [0.717, 1.165) is 0 Å². The van der Waals surface area contributed by atoms with E-state index in [-0.39, 0.29) is 18.8 Å². The molecule has 18 heavy (non-hydrogen) atoms. The van der Waals surface area contributed by atoms with Crippen LogP contribution < -0.4 is 0 Å². The predicted molar refractivity (Wildman–Crippen MR) is 59.6 cm³/mol. The molecule has 0 amide bonds. The standard InChI is InChI=1S/C12H20O6/c1-10(2)15-7-5-14-12(6-13)9(8(7)16-10)17-11(3,4)18-12/h7-9,13H,5-6H2,1-4H3. The van der Waals surface area contributed by atoms with Gasteiger partial charge < -0.3 is 28.8 Å². The number of hydrogen-bond donors (Lipinski definition) is 1. The normalized spacial score (nSPS) is 48.8. The Morgan fingerprint density at radius 1 is 1.06 bits per heavy atom. The van der Waals surface area contributed by atoms with Crippen LogP contribution in [0.25, 0.3) is 0 Å². The van der Waals surface area contributed by atoms with Crippen molar-refractivity contribution < 1.29 is 28.8 Å². The number of ether oxygens (including phenoxy) is 5. The average molecular weight is 260 g/mol. The summed E-state index contributed by atoms with van der Waals surface area (Å²) in [5.74, 6) is -2.62. The molecule has 6 nitrogen and oxygen atoms in total. The lowest BCUT2D eigenvalue weighted by Gasteiger charge is -2.39. The third-order valence-electron chi connectivity index (χ3n) is 3.50. The first-order valence-corrected chi connectivity index (χ1v) is 6.25. The third kappa shape index (κ3) is 1.79. The van der Waals surface area contributed by atoms with E-state index in [2.05, 4.69) is 0 Å². The molecular formula is C12H20O6. The summed E-state index contributed by atoms with van der Waals surface area (Å²) < 4.78 is 28.9. The Morgan fingerprint density at radius 2 is 1.78 bits per heavy atom. The van der Waals surface area contributed by atoms with Gasteiger partial charge in [-0.05, 0) is 27.7 Å². The van der Waals surface area contributed by atoms with Crippen LogP contribution in [0, 0.1) is 0 Å². The lowest BCUT2D eigenvalue weighted by Crippen LogP contribution is -2.60. The molecule has 0 aromatic rings. The number of hydrogen-bond acceptors (Lipinski definition) is 6. The Balaban J connectivity index is 1.90. The van der Waals surface area contributed by atoms with Gasteiger partial charge in [-0.15, -0.1) is 0 Å². The van der Waals surface area contributed by atoms with Gasteiger partial charge in [0.25, 0.3) is 0 Å². The summed E-state index contributed by atoms with van der Waals surface area (Å²) in [4.78, 5) is 0. The zero-order valence-electron chi connectivity index (χ0n) is 11.1. The largest absolute Gasteiger partial charge is 0.391 e. The molecule has 3 fully saturated rings. The molecule has 3 saturated heterocycles. The number of fused-ring (bicyclic) bond motifs is 3. The quantitative estimate of drug-likeness (QED) is 0.735. The minimum atomic E-state index is -1.14. The molecule has 1 N–H and O–H groups in total. The van der Waals surface area contributed by atoms with Crippen molar-refractivity contribution >= 4 is 0 Å². The molecule has 0 aliphatic carbocycles. The van der Waals surface area contributed by atoms with Gasteiger partial charge in [0.1, 0.15) is 24.9 Å². The maximum atomic E-state index is 9.61. The molecule has 3 aliphatic heterocycles. The molecule has 0 bridgehead atoms. The number of aliphatic hydroxyl groups is 1. The van der Waals surface area contributed by atoms with Gasteiger partial charge >= 0.3 is 0 Å². The van der Waals surface area contributed by atoms with E-state index < -0.39 is 23.5 Å². The second kappa shape index (κ2) is 3.65. The molecule has 0 radical (unpaired) electrons. The van der Waals surface area contributed by atoms with Gasteiger partial charge in [-0.1, -0.05) is 0 Å². The zero-order valence-corrected chi connectivity index (χ0v) is 11.1. The summed E-state index contributed by atoms with van der Waals surface area (Å²) >= 11 is 0. The van der Waals surface area contributed by atoms with Crippen molar-refractivity contribution in [3.8, 4) is 0 Å². The molecule has 4 atom stereocenters. The summed E-state index contributed by atoms with van der Waals surface area (Å²) in [6.45, 7) is 7.35. The maximum Gasteiger partial charge on any atom is 0.224 e. The highest BCUT2D eigenvalue weighted by Crippen LogP contribution is 2.47. The van der Waals surface area contributed by atoms with Crippen molar-refractivity contribution in [1.29, 1.82) is 0 Å². The fraction of sp³-hybridized carbons (Fsp3) is 1.00. The lowest BCUT2D eigenvalue weighted by atomic mass is 9.98. The van der Waals surface area contributed by atoms with Crippen LogP contribution in [0.2, 0.25) is 0 Å². The average Bonchev–Trinajstić information content (AvgIpc) is 2.70. The molecule has 6 heteroatoms. The Morgan fingerprint density at radius 3 is 2.44 bits per heavy atom. The molecular weight excluding hydrogens is 240 g/mol. The van der Waals surface area contributed by atoms with Crippen LogP contribution in [0.3, 0.4) is 0 Å². The summed E-state index contributed by atoms with van der Waals surface area (Å²) in [6, 6.07) is 0. The number of aliphatic hydroxyl groups excluding tert-OH is 1. The van der Waals surface area contributed by atoms with E-state index in [9.17, 15) is 5.11 Å². The van der Waals surface area contributed by atoms with Crippen LogP contribution in [0.4, 0.5) is 0 Å². The van der Waals surface area contributed by atoms with E-state index in [4.69, 9.17) is 23.7 Å². The maximum absolute atomic E-state index is 9.61. The molecule has 0 spiro atoms. The highest BCUT2D eigenvalue weighted by Gasteiger charge is 2.65. The summed E-state index contributed by atoms with van der Waals surface area (Å²) in [5.41, 5.74) is 0. The second-order valence-electron chi connectivity index (χ2n) is 5.96. The van der Waals surface area contributed by atoms with Crippen LogP contribution in [0.15, 0.2) is 0 Å². The van der Waals surface area contributed by atoms with Gasteiger partial charge in [-0.2, -0.15) is 0 Å². The van der Waals surface area contributed by atoms with Crippen molar-refractivity contribution in [2.45, 2.75) is 63.4 Å². The van der Waals surface area contributed by atoms with Crippen LogP contribution >= 0.6 is 0 Å². The lowest BCUT2D eigenvalue weighted by molar-refractivity contribution is -0.294. The van der Waals surface area contributed by atoms with Crippen LogP contribution in [0.1, 0.15) is 27.7 Å². The fourth-order valence-electron chi connectivity index (χ4n) is 2.96. The molecule has 3 rings (SSSR count). The molecule has 3 aliphatic rings. The minimum absolute atomic E-state index is 0.192. The first-order valence-electron chi connectivity index (χ1n) is 6.25. The minimum Gasteiger partial charge on any atom is -0.391 e. The van der Waals surface area contributed by atoms with Gasteiger partial charge in [-0.25, -0.2) is 0 Å². The van der Waals surface area contributed by atoms with Gasteiger partial charge in [0.15, 0.2) is 11.6 Å². The first-order chi connectivity index (χ1) is 8.27. The third-order valence-corrected chi connectivity index (χ3v) is 3.50. The molecule has 0 saturated carbocycles. The van der Waals surface area contributed by atoms with E-state index in [1.54, 1.807) is 13.8 Å². The Hall–Kier alpha value is -0.240. The highest BCUT2D eigenvalue weighted by molar-refractivity contribution is 5.03. The monoisotopic (exact) mass is 260 g/mol. The summed E-state index contributed by atoms with van der Waals surface area (Å²) in [5, 5.41) is 9.61. The van der Waals surface area contributed by atoms with E-state index in [1.165, 1.54) is 0 Å². The van der Waals surface area contributed by atoms with Crippen molar-refractivity contribution in [2.75, 3.05) is 13.2 Å². The van der Waals surface area contributed by atoms with Crippen molar-refractivity contribution in [3.63, 3.8) is 0 Å². The van der Waals surface area contributed by atoms with Gasteiger partial charge in [0, 0.05) is 0 Å².